The van der Waals surface area contributed by atoms with Crippen LogP contribution in [-0.2, 0) is 4.79 Å². The van der Waals surface area contributed by atoms with E-state index in [1.807, 2.05) is 0 Å². The minimum atomic E-state index is -0.0593. The minimum absolute atomic E-state index is 0.0593. The molecule has 0 bridgehead atoms. The van der Waals surface area contributed by atoms with E-state index in [2.05, 4.69) is 32.7 Å². The Balaban J connectivity index is 2.37. The first-order valence-electron chi connectivity index (χ1n) is 6.20. The summed E-state index contributed by atoms with van der Waals surface area (Å²) in [6.07, 6.45) is 4.62. The molecule has 1 aliphatic carbocycles. The Morgan fingerprint density at radius 1 is 1.47 bits per heavy atom. The Kier molecular flexibility index (Phi) is 4.32. The zero-order valence-electron chi connectivity index (χ0n) is 10.7. The number of ketones is 1. The number of unbranched alkanes of at least 4 members (excludes halogenated alkanes) is 1. The van der Waals surface area contributed by atoms with Gasteiger partial charge in [-0.25, -0.2) is 0 Å². The van der Waals surface area contributed by atoms with Crippen molar-refractivity contribution in [3.8, 4) is 0 Å². The molecule has 0 N–H and O–H groups in total. The highest BCUT2D eigenvalue weighted by Gasteiger charge is 2.40. The number of hydrogen-bond donors (Lipinski definition) is 0. The number of carbonyl (C=O) groups excluding carboxylic acids is 1. The van der Waals surface area contributed by atoms with Crippen molar-refractivity contribution in [2.75, 3.05) is 20.1 Å². The molecule has 0 amide bonds. The smallest absolute Gasteiger partial charge is 0.142 e. The summed E-state index contributed by atoms with van der Waals surface area (Å²) in [5, 5.41) is 0. The maximum Gasteiger partial charge on any atom is 0.142 e. The lowest BCUT2D eigenvalue weighted by atomic mass is 9.89. The van der Waals surface area contributed by atoms with Gasteiger partial charge < -0.3 is 4.90 Å². The second-order valence-corrected chi connectivity index (χ2v) is 5.60. The van der Waals surface area contributed by atoms with Crippen molar-refractivity contribution in [2.24, 2.45) is 11.3 Å². The van der Waals surface area contributed by atoms with E-state index in [1.165, 1.54) is 12.8 Å². The van der Waals surface area contributed by atoms with Gasteiger partial charge in [-0.15, -0.1) is 0 Å². The maximum atomic E-state index is 12.0. The van der Waals surface area contributed by atoms with Gasteiger partial charge in [-0.3, -0.25) is 4.79 Å². The fourth-order valence-electron chi connectivity index (χ4n) is 2.41. The average Bonchev–Trinajstić information content (AvgIpc) is 2.42. The SMILES string of the molecule is CCCCN(C)CC1CCC(C)(C)C1=O. The molecule has 1 aliphatic rings. The minimum Gasteiger partial charge on any atom is -0.306 e. The molecule has 1 atom stereocenters. The van der Waals surface area contributed by atoms with Gasteiger partial charge in [0.1, 0.15) is 5.78 Å². The second kappa shape index (κ2) is 5.11. The predicted molar refractivity (Wildman–Crippen MR) is 63.9 cm³/mol. The molecule has 0 radical (unpaired) electrons. The monoisotopic (exact) mass is 211 g/mol. The molecule has 1 fully saturated rings. The summed E-state index contributed by atoms with van der Waals surface area (Å²) < 4.78 is 0. The van der Waals surface area contributed by atoms with E-state index in [4.69, 9.17) is 0 Å². The third-order valence-electron chi connectivity index (χ3n) is 3.58. The van der Waals surface area contributed by atoms with Crippen LogP contribution in [0.1, 0.15) is 46.5 Å². The Labute approximate surface area is 94.0 Å². The summed E-state index contributed by atoms with van der Waals surface area (Å²) in [4.78, 5) is 14.3. The van der Waals surface area contributed by atoms with Gasteiger partial charge in [0.25, 0.3) is 0 Å². The molecule has 2 heteroatoms. The standard InChI is InChI=1S/C13H25NO/c1-5-6-9-14(4)10-11-7-8-13(2,3)12(11)15/h11H,5-10H2,1-4H3. The predicted octanol–water partition coefficient (Wildman–Crippen LogP) is 2.72. The van der Waals surface area contributed by atoms with Crippen molar-refractivity contribution in [1.29, 1.82) is 0 Å². The van der Waals surface area contributed by atoms with Crippen LogP contribution in [0, 0.1) is 11.3 Å². The van der Waals surface area contributed by atoms with Gasteiger partial charge in [-0.05, 0) is 32.9 Å². The van der Waals surface area contributed by atoms with Crippen LogP contribution in [0.4, 0.5) is 0 Å². The van der Waals surface area contributed by atoms with Gasteiger partial charge in [0.15, 0.2) is 0 Å². The summed E-state index contributed by atoms with van der Waals surface area (Å²) in [6.45, 7) is 8.46. The average molecular weight is 211 g/mol. The number of nitrogens with zero attached hydrogens (tertiary/aromatic N) is 1. The molecule has 2 nitrogen and oxygen atoms in total. The van der Waals surface area contributed by atoms with Gasteiger partial charge >= 0.3 is 0 Å². The van der Waals surface area contributed by atoms with E-state index >= 15 is 0 Å². The molecule has 1 unspecified atom stereocenters. The third-order valence-corrected chi connectivity index (χ3v) is 3.58. The quantitative estimate of drug-likeness (QED) is 0.697. The van der Waals surface area contributed by atoms with Crippen LogP contribution in [0.3, 0.4) is 0 Å². The lowest BCUT2D eigenvalue weighted by Gasteiger charge is -2.21. The molecule has 88 valence electrons. The fourth-order valence-corrected chi connectivity index (χ4v) is 2.41. The van der Waals surface area contributed by atoms with Crippen molar-refractivity contribution in [3.63, 3.8) is 0 Å². The van der Waals surface area contributed by atoms with Crippen molar-refractivity contribution < 1.29 is 4.79 Å². The Hall–Kier alpha value is -0.370. The highest BCUT2D eigenvalue weighted by Crippen LogP contribution is 2.37. The summed E-state index contributed by atoms with van der Waals surface area (Å²) in [6, 6.07) is 0. The molecule has 1 saturated carbocycles. The first kappa shape index (κ1) is 12.7. The Bertz CT molecular complexity index is 223. The third kappa shape index (κ3) is 3.30. The molecule has 0 aromatic carbocycles. The summed E-state index contributed by atoms with van der Waals surface area (Å²) in [7, 11) is 2.13. The van der Waals surface area contributed by atoms with E-state index in [0.29, 0.717) is 11.7 Å². The van der Waals surface area contributed by atoms with Crippen molar-refractivity contribution in [3.05, 3.63) is 0 Å². The zero-order chi connectivity index (χ0) is 11.5. The number of rotatable bonds is 5. The van der Waals surface area contributed by atoms with Gasteiger partial charge in [0, 0.05) is 17.9 Å². The van der Waals surface area contributed by atoms with E-state index in [1.54, 1.807) is 0 Å². The molecule has 1 rings (SSSR count). The molecular formula is C13H25NO. The summed E-state index contributed by atoms with van der Waals surface area (Å²) in [5.74, 6) is 0.771. The molecule has 0 heterocycles. The van der Waals surface area contributed by atoms with Gasteiger partial charge in [0.05, 0.1) is 0 Å². The molecule has 0 spiro atoms. The molecule has 0 saturated heterocycles. The number of carbonyl (C=O) groups is 1. The van der Waals surface area contributed by atoms with Gasteiger partial charge in [0.2, 0.25) is 0 Å². The molecule has 15 heavy (non-hydrogen) atoms. The van der Waals surface area contributed by atoms with Crippen LogP contribution in [0.5, 0.6) is 0 Å². The van der Waals surface area contributed by atoms with E-state index in [9.17, 15) is 4.79 Å². The van der Waals surface area contributed by atoms with Crippen LogP contribution >= 0.6 is 0 Å². The number of hydrogen-bond acceptors (Lipinski definition) is 2. The Morgan fingerprint density at radius 3 is 2.60 bits per heavy atom. The Morgan fingerprint density at radius 2 is 2.13 bits per heavy atom. The van der Waals surface area contributed by atoms with Crippen molar-refractivity contribution in [1.82, 2.24) is 4.90 Å². The van der Waals surface area contributed by atoms with E-state index in [-0.39, 0.29) is 5.41 Å². The van der Waals surface area contributed by atoms with Gasteiger partial charge in [-0.1, -0.05) is 27.2 Å². The van der Waals surface area contributed by atoms with Crippen LogP contribution in [0.15, 0.2) is 0 Å². The largest absolute Gasteiger partial charge is 0.306 e. The number of Topliss-reactive ketones (excluding diaryl/α,β-unsaturated/α-hetero) is 1. The zero-order valence-corrected chi connectivity index (χ0v) is 10.7. The maximum absolute atomic E-state index is 12.0. The molecule has 0 aliphatic heterocycles. The van der Waals surface area contributed by atoms with Gasteiger partial charge in [-0.2, -0.15) is 0 Å². The van der Waals surface area contributed by atoms with E-state index in [0.717, 1.165) is 25.9 Å². The van der Waals surface area contributed by atoms with Crippen LogP contribution in [-0.4, -0.2) is 30.8 Å². The van der Waals surface area contributed by atoms with Crippen molar-refractivity contribution >= 4 is 5.78 Å². The van der Waals surface area contributed by atoms with Crippen LogP contribution in [0.2, 0.25) is 0 Å². The first-order chi connectivity index (χ1) is 6.97. The lowest BCUT2D eigenvalue weighted by molar-refractivity contribution is -0.127. The fraction of sp³-hybridized carbons (Fsp3) is 0.923. The summed E-state index contributed by atoms with van der Waals surface area (Å²) in [5.41, 5.74) is -0.0593. The molecule has 0 aromatic rings. The normalized spacial score (nSPS) is 25.1. The van der Waals surface area contributed by atoms with Crippen LogP contribution in [0.25, 0.3) is 0 Å². The summed E-state index contributed by atoms with van der Waals surface area (Å²) >= 11 is 0. The van der Waals surface area contributed by atoms with Crippen LogP contribution < -0.4 is 0 Å². The van der Waals surface area contributed by atoms with Crippen molar-refractivity contribution in [2.45, 2.75) is 46.5 Å². The second-order valence-electron chi connectivity index (χ2n) is 5.60. The first-order valence-corrected chi connectivity index (χ1v) is 6.20. The van der Waals surface area contributed by atoms with E-state index < -0.39 is 0 Å². The highest BCUT2D eigenvalue weighted by atomic mass is 16.1. The molecular weight excluding hydrogens is 186 g/mol. The topological polar surface area (TPSA) is 20.3 Å². The molecule has 0 aromatic heterocycles. The lowest BCUT2D eigenvalue weighted by Crippen LogP contribution is -2.31. The highest BCUT2D eigenvalue weighted by molar-refractivity contribution is 5.88.